The standard InChI is InChI=1S/C21H27NO4S/c1-4-17(5-2)27(24,25)18-12-13-20(26-3)19(15-18)22-21(23)14-11-16-9-7-6-8-10-16/h6-10,12-13,15,17H,4-5,11,14H2,1-3H3,(H,22,23). The number of hydrogen-bond acceptors (Lipinski definition) is 4. The summed E-state index contributed by atoms with van der Waals surface area (Å²) in [5.74, 6) is 0.251. The lowest BCUT2D eigenvalue weighted by atomic mass is 10.1. The number of aryl methyl sites for hydroxylation is 1. The third-order valence-corrected chi connectivity index (χ3v) is 7.06. The average molecular weight is 390 g/mol. The van der Waals surface area contributed by atoms with E-state index in [-0.39, 0.29) is 10.8 Å². The van der Waals surface area contributed by atoms with E-state index in [2.05, 4.69) is 5.32 Å². The summed E-state index contributed by atoms with van der Waals surface area (Å²) >= 11 is 0. The van der Waals surface area contributed by atoms with E-state index in [1.807, 2.05) is 44.2 Å². The van der Waals surface area contributed by atoms with Gasteiger partial charge in [0.2, 0.25) is 5.91 Å². The molecule has 6 heteroatoms. The number of nitrogens with one attached hydrogen (secondary N) is 1. The molecule has 2 rings (SSSR count). The maximum Gasteiger partial charge on any atom is 0.224 e. The number of rotatable bonds is 9. The largest absolute Gasteiger partial charge is 0.495 e. The molecule has 0 fully saturated rings. The third-order valence-electron chi connectivity index (χ3n) is 4.61. The Balaban J connectivity index is 2.18. The van der Waals surface area contributed by atoms with Gasteiger partial charge < -0.3 is 10.1 Å². The molecule has 0 atom stereocenters. The van der Waals surface area contributed by atoms with Gasteiger partial charge >= 0.3 is 0 Å². The van der Waals surface area contributed by atoms with Crippen molar-refractivity contribution < 1.29 is 17.9 Å². The smallest absolute Gasteiger partial charge is 0.224 e. The zero-order valence-electron chi connectivity index (χ0n) is 16.1. The van der Waals surface area contributed by atoms with E-state index in [4.69, 9.17) is 4.74 Å². The summed E-state index contributed by atoms with van der Waals surface area (Å²) < 4.78 is 30.9. The number of carbonyl (C=O) groups is 1. The number of ether oxygens (including phenoxy) is 1. The highest BCUT2D eigenvalue weighted by molar-refractivity contribution is 7.92. The van der Waals surface area contributed by atoms with Crippen LogP contribution in [-0.4, -0.2) is 26.7 Å². The van der Waals surface area contributed by atoms with Gasteiger partial charge in [0.15, 0.2) is 9.84 Å². The fourth-order valence-corrected chi connectivity index (χ4v) is 4.80. The van der Waals surface area contributed by atoms with Crippen LogP contribution in [0, 0.1) is 0 Å². The molecule has 0 radical (unpaired) electrons. The van der Waals surface area contributed by atoms with Crippen molar-refractivity contribution in [1.29, 1.82) is 0 Å². The molecule has 0 aromatic heterocycles. The number of benzene rings is 2. The van der Waals surface area contributed by atoms with E-state index in [1.54, 1.807) is 6.07 Å². The Morgan fingerprint density at radius 2 is 1.74 bits per heavy atom. The molecule has 27 heavy (non-hydrogen) atoms. The average Bonchev–Trinajstić information content (AvgIpc) is 2.68. The van der Waals surface area contributed by atoms with Crippen LogP contribution in [0.1, 0.15) is 38.7 Å². The minimum absolute atomic E-state index is 0.186. The van der Waals surface area contributed by atoms with Crippen LogP contribution in [-0.2, 0) is 21.1 Å². The van der Waals surface area contributed by atoms with Crippen molar-refractivity contribution in [1.82, 2.24) is 0 Å². The van der Waals surface area contributed by atoms with Crippen LogP contribution in [0.15, 0.2) is 53.4 Å². The molecule has 1 amide bonds. The molecule has 2 aromatic rings. The molecule has 0 saturated carbocycles. The zero-order chi connectivity index (χ0) is 19.9. The summed E-state index contributed by atoms with van der Waals surface area (Å²) in [7, 11) is -1.96. The third kappa shape index (κ3) is 5.32. The SMILES string of the molecule is CCC(CC)S(=O)(=O)c1ccc(OC)c(NC(=O)CCc2ccccc2)c1. The van der Waals surface area contributed by atoms with Crippen molar-refractivity contribution in [2.75, 3.05) is 12.4 Å². The van der Waals surface area contributed by atoms with E-state index >= 15 is 0 Å². The number of methoxy groups -OCH3 is 1. The number of amides is 1. The van der Waals surface area contributed by atoms with Crippen LogP contribution in [0.3, 0.4) is 0 Å². The lowest BCUT2D eigenvalue weighted by Crippen LogP contribution is -2.20. The first-order valence-corrected chi connectivity index (χ1v) is 10.7. The number of sulfone groups is 1. The second-order valence-electron chi connectivity index (χ2n) is 6.38. The Kier molecular flexibility index (Phi) is 7.42. The number of anilines is 1. The van der Waals surface area contributed by atoms with Gasteiger partial charge in [0.25, 0.3) is 0 Å². The highest BCUT2D eigenvalue weighted by atomic mass is 32.2. The Morgan fingerprint density at radius 1 is 1.07 bits per heavy atom. The molecule has 0 aliphatic heterocycles. The fraction of sp³-hybridized carbons (Fsp3) is 0.381. The van der Waals surface area contributed by atoms with Gasteiger partial charge in [0, 0.05) is 6.42 Å². The van der Waals surface area contributed by atoms with Crippen LogP contribution in [0.2, 0.25) is 0 Å². The normalized spacial score (nSPS) is 11.4. The molecule has 5 nitrogen and oxygen atoms in total. The molecule has 0 aliphatic rings. The molecular weight excluding hydrogens is 362 g/mol. The summed E-state index contributed by atoms with van der Waals surface area (Å²) in [5.41, 5.74) is 1.45. The lowest BCUT2D eigenvalue weighted by molar-refractivity contribution is -0.116. The summed E-state index contributed by atoms with van der Waals surface area (Å²) in [6, 6.07) is 14.3. The second kappa shape index (κ2) is 9.55. The van der Waals surface area contributed by atoms with Crippen molar-refractivity contribution in [3.63, 3.8) is 0 Å². The van der Waals surface area contributed by atoms with Crippen molar-refractivity contribution >= 4 is 21.4 Å². The Labute approximate surface area is 161 Å². The fourth-order valence-electron chi connectivity index (χ4n) is 3.00. The van der Waals surface area contributed by atoms with Crippen molar-refractivity contribution in [2.24, 2.45) is 0 Å². The van der Waals surface area contributed by atoms with Crippen LogP contribution in [0.25, 0.3) is 0 Å². The van der Waals surface area contributed by atoms with E-state index in [0.29, 0.717) is 37.1 Å². The first-order valence-electron chi connectivity index (χ1n) is 9.18. The molecule has 0 spiro atoms. The highest BCUT2D eigenvalue weighted by Crippen LogP contribution is 2.30. The lowest BCUT2D eigenvalue weighted by Gasteiger charge is -2.16. The predicted molar refractivity (Wildman–Crippen MR) is 108 cm³/mol. The van der Waals surface area contributed by atoms with E-state index in [1.165, 1.54) is 19.2 Å². The molecule has 0 saturated heterocycles. The molecule has 0 aliphatic carbocycles. The number of carbonyl (C=O) groups excluding carboxylic acids is 1. The summed E-state index contributed by atoms with van der Waals surface area (Å²) in [6.45, 7) is 3.73. The van der Waals surface area contributed by atoms with Gasteiger partial charge in [0.05, 0.1) is 22.9 Å². The monoisotopic (exact) mass is 389 g/mol. The minimum Gasteiger partial charge on any atom is -0.495 e. The van der Waals surface area contributed by atoms with Crippen LogP contribution >= 0.6 is 0 Å². The zero-order valence-corrected chi connectivity index (χ0v) is 16.9. The molecule has 146 valence electrons. The van der Waals surface area contributed by atoms with Crippen molar-refractivity contribution in [2.45, 2.75) is 49.7 Å². The molecule has 0 heterocycles. The molecule has 2 aromatic carbocycles. The molecule has 0 unspecified atom stereocenters. The van der Waals surface area contributed by atoms with Crippen LogP contribution in [0.5, 0.6) is 5.75 Å². The minimum atomic E-state index is -3.45. The van der Waals surface area contributed by atoms with Crippen molar-refractivity contribution in [3.8, 4) is 5.75 Å². The van der Waals surface area contributed by atoms with Gasteiger partial charge in [-0.1, -0.05) is 44.2 Å². The Morgan fingerprint density at radius 3 is 2.33 bits per heavy atom. The summed E-state index contributed by atoms with van der Waals surface area (Å²) in [6.07, 6.45) is 2.00. The highest BCUT2D eigenvalue weighted by Gasteiger charge is 2.25. The molecule has 0 bridgehead atoms. The number of hydrogen-bond donors (Lipinski definition) is 1. The quantitative estimate of drug-likeness (QED) is 0.697. The summed E-state index contributed by atoms with van der Waals surface area (Å²) in [5, 5.41) is 2.35. The van der Waals surface area contributed by atoms with Gasteiger partial charge in [0.1, 0.15) is 5.75 Å². The van der Waals surface area contributed by atoms with E-state index in [0.717, 1.165) is 5.56 Å². The molecule has 1 N–H and O–H groups in total. The van der Waals surface area contributed by atoms with Gasteiger partial charge in [-0.25, -0.2) is 8.42 Å². The summed E-state index contributed by atoms with van der Waals surface area (Å²) in [4.78, 5) is 12.5. The molecular formula is C21H27NO4S. The second-order valence-corrected chi connectivity index (χ2v) is 8.61. The first kappa shape index (κ1) is 21.0. The van der Waals surface area contributed by atoms with Gasteiger partial charge in [-0.3, -0.25) is 4.79 Å². The first-order chi connectivity index (χ1) is 12.9. The van der Waals surface area contributed by atoms with E-state index < -0.39 is 15.1 Å². The van der Waals surface area contributed by atoms with Crippen molar-refractivity contribution in [3.05, 3.63) is 54.1 Å². The van der Waals surface area contributed by atoms with Gasteiger partial charge in [-0.15, -0.1) is 0 Å². The van der Waals surface area contributed by atoms with E-state index in [9.17, 15) is 13.2 Å². The Hall–Kier alpha value is -2.34. The van der Waals surface area contributed by atoms with Crippen LogP contribution < -0.4 is 10.1 Å². The predicted octanol–water partition coefficient (Wildman–Crippen LogP) is 4.23. The van der Waals surface area contributed by atoms with Gasteiger partial charge in [-0.05, 0) is 43.0 Å². The van der Waals surface area contributed by atoms with Crippen LogP contribution in [0.4, 0.5) is 5.69 Å². The van der Waals surface area contributed by atoms with Gasteiger partial charge in [-0.2, -0.15) is 0 Å². The Bertz CT molecular complexity index is 859. The maximum atomic E-state index is 12.8. The topological polar surface area (TPSA) is 72.5 Å². The maximum absolute atomic E-state index is 12.8.